The van der Waals surface area contributed by atoms with Crippen LogP contribution in [0, 0.1) is 0 Å². The first-order valence-corrected chi connectivity index (χ1v) is 9.92. The lowest BCUT2D eigenvalue weighted by Crippen LogP contribution is -2.38. The van der Waals surface area contributed by atoms with E-state index in [4.69, 9.17) is 5.73 Å². The molecule has 4 rings (SSSR count). The molecule has 0 aliphatic heterocycles. The van der Waals surface area contributed by atoms with E-state index in [1.807, 2.05) is 24.3 Å². The van der Waals surface area contributed by atoms with Crippen molar-refractivity contribution in [2.75, 3.05) is 22.9 Å². The number of nitrogens with one attached hydrogen (secondary N) is 2. The van der Waals surface area contributed by atoms with E-state index in [1.165, 1.54) is 6.42 Å². The highest BCUT2D eigenvalue weighted by Gasteiger charge is 2.28. The first kappa shape index (κ1) is 18.5. The van der Waals surface area contributed by atoms with Gasteiger partial charge >= 0.3 is 0 Å². The Hall–Kier alpha value is -2.86. The first-order valence-electron chi connectivity index (χ1n) is 9.92. The summed E-state index contributed by atoms with van der Waals surface area (Å²) in [6, 6.07) is 13.9. The van der Waals surface area contributed by atoms with Crippen molar-refractivity contribution in [2.45, 2.75) is 44.2 Å². The summed E-state index contributed by atoms with van der Waals surface area (Å²) in [4.78, 5) is 8.94. The highest BCUT2D eigenvalue weighted by atomic mass is 16.3. The van der Waals surface area contributed by atoms with E-state index < -0.39 is 5.60 Å². The molecule has 1 aliphatic carbocycles. The standard InChI is InChI=1S/C22H27N5O/c23-18-7-9-20(26-15-22(28)10-2-1-3-11-22)27-21(18)25-14-16-6-8-19-17(13-16)5-4-12-24-19/h4-9,12-13,28H,1-3,10-11,14-15,23H2,(H2,25,26,27). The molecule has 1 saturated carbocycles. The van der Waals surface area contributed by atoms with Crippen LogP contribution in [-0.2, 0) is 6.54 Å². The van der Waals surface area contributed by atoms with Crippen molar-refractivity contribution in [3.8, 4) is 0 Å². The van der Waals surface area contributed by atoms with Crippen LogP contribution in [0.4, 0.5) is 17.3 Å². The number of hydrogen-bond donors (Lipinski definition) is 4. The Kier molecular flexibility index (Phi) is 5.30. The quantitative estimate of drug-likeness (QED) is 0.520. The van der Waals surface area contributed by atoms with Gasteiger partial charge in [0, 0.05) is 24.7 Å². The number of hydrogen-bond acceptors (Lipinski definition) is 6. The molecule has 0 unspecified atom stereocenters. The zero-order valence-electron chi connectivity index (χ0n) is 16.0. The van der Waals surface area contributed by atoms with Crippen LogP contribution in [0.25, 0.3) is 10.9 Å². The Bertz CT molecular complexity index is 953. The molecule has 1 aliphatic rings. The summed E-state index contributed by atoms with van der Waals surface area (Å²) in [5, 5.41) is 18.4. The van der Waals surface area contributed by atoms with Gasteiger partial charge in [-0.2, -0.15) is 0 Å². The number of nitrogens with two attached hydrogens (primary N) is 1. The molecule has 0 amide bonds. The van der Waals surface area contributed by atoms with E-state index in [2.05, 4.69) is 38.8 Å². The summed E-state index contributed by atoms with van der Waals surface area (Å²) in [6.07, 6.45) is 6.87. The summed E-state index contributed by atoms with van der Waals surface area (Å²) in [6.45, 7) is 1.14. The van der Waals surface area contributed by atoms with Gasteiger partial charge in [0.25, 0.3) is 0 Å². The van der Waals surface area contributed by atoms with E-state index >= 15 is 0 Å². The third-order valence-corrected chi connectivity index (χ3v) is 5.44. The third-order valence-electron chi connectivity index (χ3n) is 5.44. The molecule has 0 saturated heterocycles. The number of rotatable bonds is 6. The Morgan fingerprint density at radius 2 is 1.89 bits per heavy atom. The van der Waals surface area contributed by atoms with Gasteiger partial charge in [0.05, 0.1) is 16.8 Å². The van der Waals surface area contributed by atoms with Gasteiger partial charge in [-0.15, -0.1) is 0 Å². The maximum absolute atomic E-state index is 10.7. The molecule has 1 aromatic carbocycles. The minimum atomic E-state index is -0.631. The zero-order valence-corrected chi connectivity index (χ0v) is 16.0. The monoisotopic (exact) mass is 377 g/mol. The Labute approximate surface area is 165 Å². The van der Waals surface area contributed by atoms with Crippen molar-refractivity contribution in [1.29, 1.82) is 0 Å². The van der Waals surface area contributed by atoms with E-state index in [0.717, 1.165) is 48.0 Å². The molecular formula is C22H27N5O. The SMILES string of the molecule is Nc1ccc(NCC2(O)CCCCC2)nc1NCc1ccc2ncccc2c1. The fourth-order valence-electron chi connectivity index (χ4n) is 3.77. The smallest absolute Gasteiger partial charge is 0.151 e. The number of fused-ring (bicyclic) bond motifs is 1. The van der Waals surface area contributed by atoms with Crippen molar-refractivity contribution in [3.05, 3.63) is 54.2 Å². The van der Waals surface area contributed by atoms with Crippen molar-refractivity contribution in [3.63, 3.8) is 0 Å². The minimum Gasteiger partial charge on any atom is -0.396 e. The van der Waals surface area contributed by atoms with Gasteiger partial charge in [0.1, 0.15) is 5.82 Å². The average Bonchev–Trinajstić information content (AvgIpc) is 2.72. The zero-order chi connectivity index (χ0) is 19.4. The van der Waals surface area contributed by atoms with Gasteiger partial charge in [0.15, 0.2) is 5.82 Å². The summed E-state index contributed by atoms with van der Waals surface area (Å²) < 4.78 is 0. The number of aromatic nitrogens is 2. The molecular weight excluding hydrogens is 350 g/mol. The molecule has 6 nitrogen and oxygen atoms in total. The second-order valence-corrected chi connectivity index (χ2v) is 7.66. The second kappa shape index (κ2) is 8.02. The molecule has 28 heavy (non-hydrogen) atoms. The number of nitrogen functional groups attached to an aromatic ring is 1. The number of anilines is 3. The first-order chi connectivity index (χ1) is 13.6. The fourth-order valence-corrected chi connectivity index (χ4v) is 3.77. The molecule has 0 spiro atoms. The summed E-state index contributed by atoms with van der Waals surface area (Å²) in [5.41, 5.74) is 8.19. The lowest BCUT2D eigenvalue weighted by atomic mass is 9.85. The average molecular weight is 377 g/mol. The van der Waals surface area contributed by atoms with Crippen LogP contribution in [0.15, 0.2) is 48.7 Å². The number of benzene rings is 1. The molecule has 2 heterocycles. The van der Waals surface area contributed by atoms with Gasteiger partial charge in [0.2, 0.25) is 0 Å². The van der Waals surface area contributed by atoms with E-state index in [9.17, 15) is 5.11 Å². The molecule has 146 valence electrons. The minimum absolute atomic E-state index is 0.515. The summed E-state index contributed by atoms with van der Waals surface area (Å²) in [7, 11) is 0. The van der Waals surface area contributed by atoms with Crippen LogP contribution < -0.4 is 16.4 Å². The molecule has 5 N–H and O–H groups in total. The van der Waals surface area contributed by atoms with Crippen LogP contribution >= 0.6 is 0 Å². The lowest BCUT2D eigenvalue weighted by Gasteiger charge is -2.32. The van der Waals surface area contributed by atoms with Gasteiger partial charge < -0.3 is 21.5 Å². The molecule has 0 atom stereocenters. The second-order valence-electron chi connectivity index (χ2n) is 7.66. The fraction of sp³-hybridized carbons (Fsp3) is 0.364. The topological polar surface area (TPSA) is 96.1 Å². The van der Waals surface area contributed by atoms with Gasteiger partial charge in [-0.3, -0.25) is 4.98 Å². The Balaban J connectivity index is 1.41. The number of aliphatic hydroxyl groups is 1. The van der Waals surface area contributed by atoms with E-state index in [1.54, 1.807) is 6.20 Å². The predicted octanol–water partition coefficient (Wildman–Crippen LogP) is 3.93. The van der Waals surface area contributed by atoms with Crippen molar-refractivity contribution in [1.82, 2.24) is 9.97 Å². The number of pyridine rings is 2. The predicted molar refractivity (Wildman–Crippen MR) is 114 cm³/mol. The van der Waals surface area contributed by atoms with Crippen LogP contribution in [0.1, 0.15) is 37.7 Å². The van der Waals surface area contributed by atoms with Gasteiger partial charge in [-0.25, -0.2) is 4.98 Å². The van der Waals surface area contributed by atoms with E-state index in [0.29, 0.717) is 24.6 Å². The largest absolute Gasteiger partial charge is 0.396 e. The highest BCUT2D eigenvalue weighted by molar-refractivity contribution is 5.79. The molecule has 0 bridgehead atoms. The maximum atomic E-state index is 10.7. The Morgan fingerprint density at radius 1 is 1.04 bits per heavy atom. The summed E-state index contributed by atoms with van der Waals surface area (Å²) in [5.74, 6) is 1.37. The van der Waals surface area contributed by atoms with Crippen LogP contribution in [0.2, 0.25) is 0 Å². The highest BCUT2D eigenvalue weighted by Crippen LogP contribution is 2.28. The van der Waals surface area contributed by atoms with Crippen molar-refractivity contribution in [2.24, 2.45) is 0 Å². The van der Waals surface area contributed by atoms with Crippen LogP contribution in [0.5, 0.6) is 0 Å². The van der Waals surface area contributed by atoms with Gasteiger partial charge in [-0.05, 0) is 48.7 Å². The maximum Gasteiger partial charge on any atom is 0.151 e. The molecule has 0 radical (unpaired) electrons. The van der Waals surface area contributed by atoms with Crippen molar-refractivity contribution >= 4 is 28.2 Å². The third kappa shape index (κ3) is 4.34. The molecule has 2 aromatic heterocycles. The van der Waals surface area contributed by atoms with E-state index in [-0.39, 0.29) is 0 Å². The molecule has 3 aromatic rings. The number of nitrogens with zero attached hydrogens (tertiary/aromatic N) is 2. The Morgan fingerprint density at radius 3 is 2.75 bits per heavy atom. The molecule has 1 fully saturated rings. The van der Waals surface area contributed by atoms with Crippen LogP contribution in [-0.4, -0.2) is 27.2 Å². The molecule has 6 heteroatoms. The van der Waals surface area contributed by atoms with Crippen LogP contribution in [0.3, 0.4) is 0 Å². The van der Waals surface area contributed by atoms with Crippen molar-refractivity contribution < 1.29 is 5.11 Å². The van der Waals surface area contributed by atoms with Gasteiger partial charge in [-0.1, -0.05) is 31.4 Å². The normalized spacial score (nSPS) is 16.0. The summed E-state index contributed by atoms with van der Waals surface area (Å²) >= 11 is 0. The lowest BCUT2D eigenvalue weighted by molar-refractivity contribution is 0.0166.